The van der Waals surface area contributed by atoms with Crippen molar-refractivity contribution in [3.8, 4) is 5.75 Å². The van der Waals surface area contributed by atoms with Gasteiger partial charge in [-0.05, 0) is 36.8 Å². The number of nitrogens with one attached hydrogen (secondary N) is 1. The number of hydrogen-bond donors (Lipinski definition) is 1. The van der Waals surface area contributed by atoms with Gasteiger partial charge in [0.25, 0.3) is 0 Å². The van der Waals surface area contributed by atoms with Crippen molar-refractivity contribution >= 4 is 11.8 Å². The molecule has 134 valence electrons. The summed E-state index contributed by atoms with van der Waals surface area (Å²) in [6.45, 7) is 3.69. The lowest BCUT2D eigenvalue weighted by molar-refractivity contribution is -0.131. The highest BCUT2D eigenvalue weighted by molar-refractivity contribution is 5.79. The molecule has 0 bridgehead atoms. The topological polar surface area (TPSA) is 71.8 Å². The summed E-state index contributed by atoms with van der Waals surface area (Å²) in [7, 11) is 3.31. The summed E-state index contributed by atoms with van der Waals surface area (Å²) < 4.78 is 10.7. The second kappa shape index (κ2) is 8.37. The summed E-state index contributed by atoms with van der Waals surface area (Å²) in [6, 6.07) is 10.6. The molecule has 2 amide bonds. The summed E-state index contributed by atoms with van der Waals surface area (Å²) in [6.07, 6.45) is 0.169. The smallest absolute Gasteiger partial charge is 0.225 e. The summed E-state index contributed by atoms with van der Waals surface area (Å²) >= 11 is 0. The van der Waals surface area contributed by atoms with E-state index in [9.17, 15) is 9.59 Å². The third-order valence-electron chi connectivity index (χ3n) is 3.89. The average Bonchev–Trinajstić information content (AvgIpc) is 2.98. The molecule has 0 radical (unpaired) electrons. The van der Waals surface area contributed by atoms with Gasteiger partial charge >= 0.3 is 0 Å². The van der Waals surface area contributed by atoms with Gasteiger partial charge in [0.15, 0.2) is 0 Å². The number of ether oxygens (including phenoxy) is 1. The van der Waals surface area contributed by atoms with Crippen LogP contribution in [-0.2, 0) is 16.1 Å². The van der Waals surface area contributed by atoms with Gasteiger partial charge in [0.1, 0.15) is 17.3 Å². The Bertz CT molecular complexity index is 721. The van der Waals surface area contributed by atoms with E-state index in [4.69, 9.17) is 9.15 Å². The largest absolute Gasteiger partial charge is 0.497 e. The second-order valence-electron chi connectivity index (χ2n) is 5.99. The Morgan fingerprint density at radius 3 is 2.40 bits per heavy atom. The van der Waals surface area contributed by atoms with Crippen molar-refractivity contribution in [3.05, 3.63) is 53.5 Å². The first-order chi connectivity index (χ1) is 11.9. The first-order valence-corrected chi connectivity index (χ1v) is 8.09. The predicted octanol–water partition coefficient (Wildman–Crippen LogP) is 2.82. The number of rotatable bonds is 7. The van der Waals surface area contributed by atoms with E-state index in [1.807, 2.05) is 43.3 Å². The van der Waals surface area contributed by atoms with E-state index >= 15 is 0 Å². The fraction of sp³-hybridized carbons (Fsp3) is 0.368. The zero-order valence-corrected chi connectivity index (χ0v) is 15.0. The molecule has 0 saturated carbocycles. The molecule has 0 saturated heterocycles. The summed E-state index contributed by atoms with van der Waals surface area (Å²) in [5, 5.41) is 2.84. The van der Waals surface area contributed by atoms with Crippen molar-refractivity contribution in [1.29, 1.82) is 0 Å². The van der Waals surface area contributed by atoms with E-state index in [0.29, 0.717) is 6.54 Å². The second-order valence-corrected chi connectivity index (χ2v) is 5.99. The van der Waals surface area contributed by atoms with Gasteiger partial charge in [-0.15, -0.1) is 0 Å². The fourth-order valence-electron chi connectivity index (χ4n) is 2.56. The summed E-state index contributed by atoms with van der Waals surface area (Å²) in [4.78, 5) is 25.7. The lowest BCUT2D eigenvalue weighted by Gasteiger charge is -2.22. The van der Waals surface area contributed by atoms with Gasteiger partial charge < -0.3 is 19.4 Å². The van der Waals surface area contributed by atoms with E-state index < -0.39 is 6.04 Å². The van der Waals surface area contributed by atoms with E-state index in [0.717, 1.165) is 22.8 Å². The van der Waals surface area contributed by atoms with Crippen LogP contribution in [0.1, 0.15) is 36.5 Å². The minimum atomic E-state index is -0.392. The third kappa shape index (κ3) is 5.38. The predicted molar refractivity (Wildman–Crippen MR) is 94.1 cm³/mol. The van der Waals surface area contributed by atoms with Gasteiger partial charge in [-0.3, -0.25) is 9.59 Å². The lowest BCUT2D eigenvalue weighted by Crippen LogP contribution is -2.33. The van der Waals surface area contributed by atoms with Gasteiger partial charge in [-0.1, -0.05) is 12.1 Å². The Kier molecular flexibility index (Phi) is 6.22. The number of amides is 2. The maximum Gasteiger partial charge on any atom is 0.225 e. The van der Waals surface area contributed by atoms with Crippen LogP contribution in [0.3, 0.4) is 0 Å². The molecule has 1 heterocycles. The number of benzene rings is 1. The molecule has 2 aromatic rings. The van der Waals surface area contributed by atoms with Crippen LogP contribution < -0.4 is 10.1 Å². The van der Waals surface area contributed by atoms with Gasteiger partial charge in [0.2, 0.25) is 11.8 Å². The molecule has 0 aliphatic heterocycles. The van der Waals surface area contributed by atoms with Gasteiger partial charge in [0, 0.05) is 14.0 Å². The quantitative estimate of drug-likeness (QED) is 0.838. The molecule has 0 unspecified atom stereocenters. The van der Waals surface area contributed by atoms with Crippen LogP contribution in [0.15, 0.2) is 40.8 Å². The van der Waals surface area contributed by atoms with Gasteiger partial charge in [-0.2, -0.15) is 0 Å². The first-order valence-electron chi connectivity index (χ1n) is 8.09. The highest BCUT2D eigenvalue weighted by atomic mass is 16.5. The molecule has 0 aliphatic carbocycles. The number of carbonyl (C=O) groups is 2. The molecule has 1 atom stereocenters. The van der Waals surface area contributed by atoms with Gasteiger partial charge in [0.05, 0.1) is 26.1 Å². The van der Waals surface area contributed by atoms with E-state index in [2.05, 4.69) is 5.32 Å². The van der Waals surface area contributed by atoms with E-state index in [1.165, 1.54) is 6.92 Å². The molecule has 0 spiro atoms. The molecule has 1 N–H and O–H groups in total. The van der Waals surface area contributed by atoms with E-state index in [1.54, 1.807) is 19.1 Å². The highest BCUT2D eigenvalue weighted by Gasteiger charge is 2.20. The Morgan fingerprint density at radius 1 is 1.20 bits per heavy atom. The van der Waals surface area contributed by atoms with Crippen molar-refractivity contribution < 1.29 is 18.7 Å². The van der Waals surface area contributed by atoms with Crippen molar-refractivity contribution in [2.24, 2.45) is 0 Å². The van der Waals surface area contributed by atoms with Crippen LogP contribution in [0.25, 0.3) is 0 Å². The summed E-state index contributed by atoms with van der Waals surface area (Å²) in [5.41, 5.74) is 0.853. The molecule has 2 rings (SSSR count). The third-order valence-corrected chi connectivity index (χ3v) is 3.89. The molecular weight excluding hydrogens is 320 g/mol. The monoisotopic (exact) mass is 344 g/mol. The normalized spacial score (nSPS) is 11.7. The molecule has 0 fully saturated rings. The molecule has 1 aromatic carbocycles. The number of methoxy groups -OCH3 is 1. The van der Waals surface area contributed by atoms with Gasteiger partial charge in [-0.25, -0.2) is 0 Å². The van der Waals surface area contributed by atoms with Crippen LogP contribution in [0, 0.1) is 6.92 Å². The van der Waals surface area contributed by atoms with Crippen molar-refractivity contribution in [2.45, 2.75) is 32.9 Å². The molecular formula is C19H24N2O4. The minimum absolute atomic E-state index is 0.0800. The van der Waals surface area contributed by atoms with Crippen LogP contribution in [0.4, 0.5) is 0 Å². The molecule has 6 nitrogen and oxygen atoms in total. The Labute approximate surface area is 147 Å². The SMILES string of the molecule is COc1ccc([C@@H](CC(=O)N(C)Cc2ccc(C)o2)NC(C)=O)cc1. The van der Waals surface area contributed by atoms with Crippen molar-refractivity contribution in [1.82, 2.24) is 10.2 Å². The Hall–Kier alpha value is -2.76. The standard InChI is InChI=1S/C19H24N2O4/c1-13-5-8-17(25-13)12-21(3)19(23)11-18(20-14(2)22)15-6-9-16(24-4)10-7-15/h5-10,18H,11-12H2,1-4H3,(H,20,22)/t18-/m1/s1. The van der Waals surface area contributed by atoms with Crippen LogP contribution in [0.2, 0.25) is 0 Å². The number of furan rings is 1. The van der Waals surface area contributed by atoms with Crippen LogP contribution in [0.5, 0.6) is 5.75 Å². The number of nitrogens with zero attached hydrogens (tertiary/aromatic N) is 1. The van der Waals surface area contributed by atoms with Crippen LogP contribution >= 0.6 is 0 Å². The highest BCUT2D eigenvalue weighted by Crippen LogP contribution is 2.21. The fourth-order valence-corrected chi connectivity index (χ4v) is 2.56. The maximum absolute atomic E-state index is 12.6. The molecule has 0 aliphatic rings. The van der Waals surface area contributed by atoms with Crippen LogP contribution in [-0.4, -0.2) is 30.9 Å². The maximum atomic E-state index is 12.6. The Balaban J connectivity index is 2.06. The minimum Gasteiger partial charge on any atom is -0.497 e. The zero-order valence-electron chi connectivity index (χ0n) is 15.0. The Morgan fingerprint density at radius 2 is 1.88 bits per heavy atom. The molecule has 6 heteroatoms. The van der Waals surface area contributed by atoms with E-state index in [-0.39, 0.29) is 18.2 Å². The summed E-state index contributed by atoms with van der Waals surface area (Å²) in [5.74, 6) is 2.00. The number of carbonyl (C=O) groups excluding carboxylic acids is 2. The van der Waals surface area contributed by atoms with Crippen molar-refractivity contribution in [3.63, 3.8) is 0 Å². The number of hydrogen-bond acceptors (Lipinski definition) is 4. The van der Waals surface area contributed by atoms with Crippen molar-refractivity contribution in [2.75, 3.05) is 14.2 Å². The zero-order chi connectivity index (χ0) is 18.4. The molecule has 1 aromatic heterocycles. The lowest BCUT2D eigenvalue weighted by atomic mass is 10.0. The average molecular weight is 344 g/mol. The first kappa shape index (κ1) is 18.6. The number of aryl methyl sites for hydroxylation is 1. The molecule has 25 heavy (non-hydrogen) atoms.